The van der Waals surface area contributed by atoms with Crippen LogP contribution in [0.5, 0.6) is 0 Å². The molecule has 12 heavy (non-hydrogen) atoms. The van der Waals surface area contributed by atoms with Crippen molar-refractivity contribution >= 4 is 17.9 Å². The first-order chi connectivity index (χ1) is 5.75. The molecule has 0 aliphatic heterocycles. The Bertz CT molecular complexity index is 342. The Balaban J connectivity index is 3.21. The van der Waals surface area contributed by atoms with Crippen LogP contribution in [0.15, 0.2) is 12.3 Å². The Morgan fingerprint density at radius 2 is 2.42 bits per heavy atom. The number of carbonyl (C=O) groups excluding carboxylic acids is 1. The van der Waals surface area contributed by atoms with Gasteiger partial charge in [-0.25, -0.2) is 4.98 Å². The van der Waals surface area contributed by atoms with Gasteiger partial charge in [-0.1, -0.05) is 17.5 Å². The fourth-order valence-electron chi connectivity index (χ4n) is 0.777. The van der Waals surface area contributed by atoms with Gasteiger partial charge in [0.2, 0.25) is 0 Å². The quantitative estimate of drug-likeness (QED) is 0.344. The van der Waals surface area contributed by atoms with E-state index < -0.39 is 0 Å². The highest BCUT2D eigenvalue weighted by Gasteiger charge is 1.99. The van der Waals surface area contributed by atoms with E-state index >= 15 is 0 Å². The third-order valence-electron chi connectivity index (χ3n) is 1.37. The summed E-state index contributed by atoms with van der Waals surface area (Å²) in [6.45, 7) is 1.86. The second kappa shape index (κ2) is 3.89. The topological polar surface area (TPSA) is 30.0 Å². The maximum absolute atomic E-state index is 9.96. The maximum Gasteiger partial charge on any atom is 0.193 e. The summed E-state index contributed by atoms with van der Waals surface area (Å²) < 4.78 is 0. The number of hydrogen-bond acceptors (Lipinski definition) is 2. The summed E-state index contributed by atoms with van der Waals surface area (Å²) in [7, 11) is 0. The smallest absolute Gasteiger partial charge is 0.193 e. The van der Waals surface area contributed by atoms with Crippen LogP contribution in [0.25, 0.3) is 0 Å². The second-order valence-corrected chi connectivity index (χ2v) is 2.54. The predicted molar refractivity (Wildman–Crippen MR) is 46.9 cm³/mol. The average molecular weight is 180 g/mol. The van der Waals surface area contributed by atoms with Gasteiger partial charge in [-0.15, -0.1) is 0 Å². The summed E-state index contributed by atoms with van der Waals surface area (Å²) in [5.74, 6) is 4.91. The van der Waals surface area contributed by atoms with Crippen molar-refractivity contribution in [3.63, 3.8) is 0 Å². The van der Waals surface area contributed by atoms with E-state index in [1.807, 2.05) is 6.92 Å². The van der Waals surface area contributed by atoms with Gasteiger partial charge in [0.15, 0.2) is 6.29 Å². The van der Waals surface area contributed by atoms with Crippen molar-refractivity contribution in [2.24, 2.45) is 0 Å². The van der Waals surface area contributed by atoms with Crippen LogP contribution in [-0.4, -0.2) is 11.3 Å². The van der Waals surface area contributed by atoms with E-state index in [1.165, 1.54) is 0 Å². The predicted octanol–water partition coefficient (Wildman–Crippen LogP) is 1.59. The van der Waals surface area contributed by atoms with Crippen LogP contribution >= 0.6 is 11.6 Å². The summed E-state index contributed by atoms with van der Waals surface area (Å²) >= 11 is 5.74. The highest BCUT2D eigenvalue weighted by Crippen LogP contribution is 2.14. The number of rotatable bonds is 0. The Hall–Kier alpha value is -1.33. The first-order valence-electron chi connectivity index (χ1n) is 3.32. The molecule has 1 aromatic heterocycles. The number of aromatic nitrogens is 1. The molecule has 2 nitrogen and oxygen atoms in total. The molecule has 0 fully saturated rings. The van der Waals surface area contributed by atoms with Crippen LogP contribution in [0.3, 0.4) is 0 Å². The van der Waals surface area contributed by atoms with Gasteiger partial charge in [0.1, 0.15) is 5.15 Å². The minimum atomic E-state index is 0.337. The number of hydrogen-bond donors (Lipinski definition) is 0. The third kappa shape index (κ3) is 1.84. The minimum Gasteiger partial charge on any atom is -0.289 e. The van der Waals surface area contributed by atoms with Crippen LogP contribution in [-0.2, 0) is 4.79 Å². The molecule has 0 saturated carbocycles. The Morgan fingerprint density at radius 3 is 3.00 bits per heavy atom. The molecule has 0 aromatic carbocycles. The molecule has 3 heteroatoms. The molecule has 0 aliphatic carbocycles. The van der Waals surface area contributed by atoms with Crippen molar-refractivity contribution in [3.05, 3.63) is 28.5 Å². The Kier molecular flexibility index (Phi) is 2.84. The fourth-order valence-corrected chi connectivity index (χ4v) is 1.03. The van der Waals surface area contributed by atoms with Gasteiger partial charge >= 0.3 is 0 Å². The van der Waals surface area contributed by atoms with Crippen LogP contribution in [0.4, 0.5) is 0 Å². The van der Waals surface area contributed by atoms with E-state index in [1.54, 1.807) is 12.3 Å². The van der Waals surface area contributed by atoms with Crippen molar-refractivity contribution in [1.82, 2.24) is 4.98 Å². The van der Waals surface area contributed by atoms with Gasteiger partial charge in [-0.3, -0.25) is 4.79 Å². The minimum absolute atomic E-state index is 0.337. The van der Waals surface area contributed by atoms with Crippen molar-refractivity contribution < 1.29 is 4.79 Å². The van der Waals surface area contributed by atoms with Gasteiger partial charge in [-0.05, 0) is 24.5 Å². The van der Waals surface area contributed by atoms with Gasteiger partial charge in [-0.2, -0.15) is 0 Å². The van der Waals surface area contributed by atoms with Gasteiger partial charge in [0, 0.05) is 6.20 Å². The Labute approximate surface area is 75.6 Å². The van der Waals surface area contributed by atoms with E-state index in [9.17, 15) is 4.79 Å². The molecule has 1 aromatic rings. The van der Waals surface area contributed by atoms with Crippen LogP contribution in [0.1, 0.15) is 11.1 Å². The molecule has 60 valence electrons. The highest BCUT2D eigenvalue weighted by molar-refractivity contribution is 6.30. The molecular formula is C9H6ClNO. The lowest BCUT2D eigenvalue weighted by molar-refractivity contribution is -0.103. The Morgan fingerprint density at radius 1 is 1.67 bits per heavy atom. The molecule has 1 rings (SSSR count). The molecule has 0 radical (unpaired) electrons. The summed E-state index contributed by atoms with van der Waals surface area (Å²) in [6, 6.07) is 1.79. The van der Waals surface area contributed by atoms with E-state index in [4.69, 9.17) is 11.6 Å². The van der Waals surface area contributed by atoms with Gasteiger partial charge in [0.25, 0.3) is 0 Å². The zero-order chi connectivity index (χ0) is 8.97. The molecule has 0 spiro atoms. The van der Waals surface area contributed by atoms with Crippen LogP contribution in [0, 0.1) is 18.8 Å². The summed E-state index contributed by atoms with van der Waals surface area (Å²) in [4.78, 5) is 13.8. The van der Waals surface area contributed by atoms with Gasteiger partial charge < -0.3 is 0 Å². The average Bonchev–Trinajstić information content (AvgIpc) is 2.04. The summed E-state index contributed by atoms with van der Waals surface area (Å²) in [5, 5.41) is 0.337. The lowest BCUT2D eigenvalue weighted by atomic mass is 10.2. The molecule has 0 amide bonds. The zero-order valence-electron chi connectivity index (χ0n) is 6.47. The van der Waals surface area contributed by atoms with E-state index in [0.717, 1.165) is 5.56 Å². The molecule has 0 atom stereocenters. The van der Waals surface area contributed by atoms with Crippen molar-refractivity contribution in [2.45, 2.75) is 6.92 Å². The van der Waals surface area contributed by atoms with Crippen LogP contribution < -0.4 is 0 Å². The standard InChI is InChI=1S/C9H6ClNO/c1-7-4-5-11-9(10)8(7)3-2-6-12/h4-6H,1H3. The lowest BCUT2D eigenvalue weighted by Gasteiger charge is -1.97. The third-order valence-corrected chi connectivity index (χ3v) is 1.66. The lowest BCUT2D eigenvalue weighted by Crippen LogP contribution is -1.86. The zero-order valence-corrected chi connectivity index (χ0v) is 7.22. The van der Waals surface area contributed by atoms with Crippen molar-refractivity contribution in [2.75, 3.05) is 0 Å². The van der Waals surface area contributed by atoms with Crippen molar-refractivity contribution in [1.29, 1.82) is 0 Å². The first-order valence-corrected chi connectivity index (χ1v) is 3.70. The second-order valence-electron chi connectivity index (χ2n) is 2.18. The number of aldehydes is 1. The van der Waals surface area contributed by atoms with E-state index in [-0.39, 0.29) is 0 Å². The number of pyridine rings is 1. The number of carbonyl (C=O) groups is 1. The SMILES string of the molecule is Cc1ccnc(Cl)c1C#CC=O. The molecule has 0 saturated heterocycles. The van der Waals surface area contributed by atoms with Crippen molar-refractivity contribution in [3.8, 4) is 11.8 Å². The first kappa shape index (κ1) is 8.76. The number of halogens is 1. The monoisotopic (exact) mass is 179 g/mol. The van der Waals surface area contributed by atoms with E-state index in [2.05, 4.69) is 16.8 Å². The normalized spacial score (nSPS) is 8.50. The molecule has 0 unspecified atom stereocenters. The molecule has 0 N–H and O–H groups in total. The molecule has 0 aliphatic rings. The largest absolute Gasteiger partial charge is 0.289 e. The summed E-state index contributed by atoms with van der Waals surface area (Å²) in [6.07, 6.45) is 2.13. The van der Waals surface area contributed by atoms with Crippen LogP contribution in [0.2, 0.25) is 5.15 Å². The number of nitrogens with zero attached hydrogens (tertiary/aromatic N) is 1. The highest BCUT2D eigenvalue weighted by atomic mass is 35.5. The molecule has 0 bridgehead atoms. The molecular weight excluding hydrogens is 174 g/mol. The molecule has 1 heterocycles. The van der Waals surface area contributed by atoms with Gasteiger partial charge in [0.05, 0.1) is 5.56 Å². The maximum atomic E-state index is 9.96. The summed E-state index contributed by atoms with van der Waals surface area (Å²) in [5.41, 5.74) is 1.54. The number of aryl methyl sites for hydroxylation is 1. The fraction of sp³-hybridized carbons (Fsp3) is 0.111. The van der Waals surface area contributed by atoms with E-state index in [0.29, 0.717) is 17.0 Å².